The third kappa shape index (κ3) is 12.3. The van der Waals surface area contributed by atoms with E-state index in [1.807, 2.05) is 13.0 Å². The molecule has 2 saturated heterocycles. The van der Waals surface area contributed by atoms with Gasteiger partial charge >= 0.3 is 0 Å². The molecule has 0 radical (unpaired) electrons. The van der Waals surface area contributed by atoms with E-state index in [9.17, 15) is 43.8 Å². The van der Waals surface area contributed by atoms with Gasteiger partial charge in [-0.1, -0.05) is 30.3 Å². The average molecular weight is 821 g/mol. The standard InChI is InChI=1S/C24H26FN3O3.C21H20FN3O4/c1-17-3-8-21(27-18(2)29)22(13-17)31-15-23(30)28-11-9-24(16-26,10-12-28)14-19-4-6-20(25)7-5-19;22-17-3-1-16(2-4-17)13-21(15-23)9-11-24(12-10-21)20(26)14-29-19-7-5-18(6-8-19)25(27)28/h3-8,13H,9-12,14-15H2,1-2H3,(H,27,29);1-8H,9-14H2. The number of carbonyl (C=O) groups is 3. The van der Waals surface area contributed by atoms with Crippen LogP contribution in [0, 0.1) is 62.2 Å². The maximum Gasteiger partial charge on any atom is 0.269 e. The summed E-state index contributed by atoms with van der Waals surface area (Å²) in [6, 6.07) is 28.1. The van der Waals surface area contributed by atoms with Crippen molar-refractivity contribution in [3.05, 3.63) is 129 Å². The Hall–Kier alpha value is -6.87. The molecule has 0 aromatic heterocycles. The lowest BCUT2D eigenvalue weighted by Crippen LogP contribution is -2.45. The predicted octanol–water partition coefficient (Wildman–Crippen LogP) is 7.33. The number of non-ortho nitro benzene ring substituents is 1. The van der Waals surface area contributed by atoms with Gasteiger partial charge in [-0.2, -0.15) is 10.5 Å². The van der Waals surface area contributed by atoms with Crippen LogP contribution in [0.15, 0.2) is 91.0 Å². The number of nitriles is 2. The molecule has 15 heteroatoms. The number of likely N-dealkylation sites (tertiary alicyclic amines) is 2. The number of nitrogens with one attached hydrogen (secondary N) is 1. The van der Waals surface area contributed by atoms with Crippen LogP contribution in [0.2, 0.25) is 0 Å². The van der Waals surface area contributed by atoms with E-state index in [1.165, 1.54) is 55.5 Å². The predicted molar refractivity (Wildman–Crippen MR) is 217 cm³/mol. The van der Waals surface area contributed by atoms with Gasteiger partial charge in [0.2, 0.25) is 5.91 Å². The van der Waals surface area contributed by atoms with Gasteiger partial charge in [0.25, 0.3) is 17.5 Å². The second-order valence-corrected chi connectivity index (χ2v) is 15.2. The molecule has 2 fully saturated rings. The fraction of sp³-hybridized carbons (Fsp3) is 0.356. The fourth-order valence-electron chi connectivity index (χ4n) is 7.18. The molecule has 0 aliphatic carbocycles. The number of rotatable bonds is 12. The molecule has 2 aliphatic rings. The molecular weight excluding hydrogens is 775 g/mol. The lowest BCUT2D eigenvalue weighted by molar-refractivity contribution is -0.384. The van der Waals surface area contributed by atoms with E-state index < -0.39 is 15.8 Å². The van der Waals surface area contributed by atoms with Crippen molar-refractivity contribution in [1.82, 2.24) is 9.80 Å². The summed E-state index contributed by atoms with van der Waals surface area (Å²) in [7, 11) is 0. The molecule has 0 bridgehead atoms. The monoisotopic (exact) mass is 820 g/mol. The molecule has 2 aliphatic heterocycles. The van der Waals surface area contributed by atoms with Crippen LogP contribution in [0.5, 0.6) is 11.5 Å². The number of hydrogen-bond acceptors (Lipinski definition) is 9. The maximum atomic E-state index is 13.1. The smallest absolute Gasteiger partial charge is 0.269 e. The Morgan fingerprint density at radius 1 is 0.733 bits per heavy atom. The number of nitro benzene ring substituents is 1. The van der Waals surface area contributed by atoms with Crippen molar-refractivity contribution < 1.29 is 37.6 Å². The summed E-state index contributed by atoms with van der Waals surface area (Å²) in [4.78, 5) is 50.0. The summed E-state index contributed by atoms with van der Waals surface area (Å²) < 4.78 is 37.4. The number of nitro groups is 1. The van der Waals surface area contributed by atoms with E-state index >= 15 is 0 Å². The molecule has 1 N–H and O–H groups in total. The molecule has 4 aromatic carbocycles. The van der Waals surface area contributed by atoms with Crippen LogP contribution in [0.4, 0.5) is 20.2 Å². The average Bonchev–Trinajstić information content (AvgIpc) is 3.25. The first-order valence-electron chi connectivity index (χ1n) is 19.5. The van der Waals surface area contributed by atoms with Crippen molar-refractivity contribution in [2.24, 2.45) is 10.8 Å². The number of nitrogens with zero attached hydrogens (tertiary/aromatic N) is 5. The molecule has 6 rings (SSSR count). The van der Waals surface area contributed by atoms with Gasteiger partial charge in [-0.05, 0) is 111 Å². The number of hydrogen-bond donors (Lipinski definition) is 1. The van der Waals surface area contributed by atoms with Crippen LogP contribution in [0.3, 0.4) is 0 Å². The third-order valence-electron chi connectivity index (χ3n) is 10.7. The van der Waals surface area contributed by atoms with E-state index in [0.29, 0.717) is 81.9 Å². The number of benzene rings is 4. The van der Waals surface area contributed by atoms with Crippen molar-refractivity contribution in [2.45, 2.75) is 52.4 Å². The molecule has 0 unspecified atom stereocenters. The van der Waals surface area contributed by atoms with Crippen LogP contribution >= 0.6 is 0 Å². The van der Waals surface area contributed by atoms with E-state index in [-0.39, 0.29) is 48.3 Å². The molecule has 60 heavy (non-hydrogen) atoms. The first-order valence-corrected chi connectivity index (χ1v) is 19.5. The number of amides is 3. The van der Waals surface area contributed by atoms with Crippen LogP contribution in [-0.4, -0.2) is 71.8 Å². The number of anilines is 1. The highest BCUT2D eigenvalue weighted by atomic mass is 19.1. The van der Waals surface area contributed by atoms with Gasteiger partial charge in [-0.3, -0.25) is 24.5 Å². The SMILES string of the molecule is CC(=O)Nc1ccc(C)cc1OCC(=O)N1CCC(C#N)(Cc2ccc(F)cc2)CC1.N#CC1(Cc2ccc(F)cc2)CCN(C(=O)COc2ccc([N+](=O)[O-])cc2)CC1. The Kier molecular flexibility index (Phi) is 14.9. The molecule has 0 atom stereocenters. The van der Waals surface area contributed by atoms with Gasteiger partial charge in [-0.15, -0.1) is 0 Å². The van der Waals surface area contributed by atoms with Crippen LogP contribution in [0.25, 0.3) is 0 Å². The summed E-state index contributed by atoms with van der Waals surface area (Å²) in [6.45, 7) is 4.80. The minimum absolute atomic E-state index is 0.0475. The van der Waals surface area contributed by atoms with Crippen LogP contribution < -0.4 is 14.8 Å². The number of halogens is 2. The lowest BCUT2D eigenvalue weighted by Gasteiger charge is -2.37. The number of aryl methyl sites for hydroxylation is 1. The summed E-state index contributed by atoms with van der Waals surface area (Å²) in [6.07, 6.45) is 3.22. The van der Waals surface area contributed by atoms with Crippen molar-refractivity contribution in [1.29, 1.82) is 10.5 Å². The van der Waals surface area contributed by atoms with Crippen LogP contribution in [0.1, 0.15) is 49.3 Å². The number of piperidine rings is 2. The zero-order valence-electron chi connectivity index (χ0n) is 33.5. The maximum absolute atomic E-state index is 13.1. The van der Waals surface area contributed by atoms with Gasteiger partial charge in [0.05, 0.1) is 33.6 Å². The zero-order chi connectivity index (χ0) is 43.3. The molecule has 312 valence electrons. The third-order valence-corrected chi connectivity index (χ3v) is 10.7. The minimum atomic E-state index is -0.576. The van der Waals surface area contributed by atoms with E-state index in [2.05, 4.69) is 17.5 Å². The fourth-order valence-corrected chi connectivity index (χ4v) is 7.18. The van der Waals surface area contributed by atoms with Crippen molar-refractivity contribution in [3.63, 3.8) is 0 Å². The summed E-state index contributed by atoms with van der Waals surface area (Å²) >= 11 is 0. The van der Waals surface area contributed by atoms with E-state index in [4.69, 9.17) is 9.47 Å². The largest absolute Gasteiger partial charge is 0.484 e. The second-order valence-electron chi connectivity index (χ2n) is 15.2. The Bertz CT molecular complexity index is 2220. The highest BCUT2D eigenvalue weighted by molar-refractivity contribution is 5.90. The second kappa shape index (κ2) is 20.2. The lowest BCUT2D eigenvalue weighted by atomic mass is 9.75. The molecule has 0 saturated carbocycles. The van der Waals surface area contributed by atoms with Gasteiger partial charge in [0, 0.05) is 45.2 Å². The summed E-state index contributed by atoms with van der Waals surface area (Å²) in [5.74, 6) is -0.365. The Morgan fingerprint density at radius 3 is 1.60 bits per heavy atom. The first-order chi connectivity index (χ1) is 28.7. The highest BCUT2D eigenvalue weighted by Crippen LogP contribution is 2.36. The molecule has 13 nitrogen and oxygen atoms in total. The molecule has 2 heterocycles. The van der Waals surface area contributed by atoms with Gasteiger partial charge in [0.1, 0.15) is 23.1 Å². The van der Waals surface area contributed by atoms with E-state index in [0.717, 1.165) is 16.7 Å². The zero-order valence-corrected chi connectivity index (χ0v) is 33.5. The Balaban J connectivity index is 0.000000228. The molecule has 4 aromatic rings. The number of ether oxygens (including phenoxy) is 2. The first kappa shape index (κ1) is 44.2. The van der Waals surface area contributed by atoms with Gasteiger partial charge in [-0.25, -0.2) is 8.78 Å². The Morgan fingerprint density at radius 2 is 1.18 bits per heavy atom. The molecule has 3 amide bonds. The van der Waals surface area contributed by atoms with Gasteiger partial charge in [0.15, 0.2) is 13.2 Å². The minimum Gasteiger partial charge on any atom is -0.484 e. The highest BCUT2D eigenvalue weighted by Gasteiger charge is 2.37. The van der Waals surface area contributed by atoms with Crippen LogP contribution in [-0.2, 0) is 27.2 Å². The normalized spacial score (nSPS) is 15.2. The Labute approximate surface area is 347 Å². The van der Waals surface area contributed by atoms with Crippen molar-refractivity contribution >= 4 is 29.1 Å². The molecule has 0 spiro atoms. The van der Waals surface area contributed by atoms with Crippen molar-refractivity contribution in [3.8, 4) is 23.6 Å². The number of carbonyl (C=O) groups excluding carboxylic acids is 3. The quantitative estimate of drug-likeness (QED) is 0.113. The van der Waals surface area contributed by atoms with Crippen molar-refractivity contribution in [2.75, 3.05) is 44.7 Å². The topological polar surface area (TPSA) is 179 Å². The van der Waals surface area contributed by atoms with E-state index in [1.54, 1.807) is 46.2 Å². The summed E-state index contributed by atoms with van der Waals surface area (Å²) in [5, 5.41) is 32.8. The van der Waals surface area contributed by atoms with Gasteiger partial charge < -0.3 is 24.6 Å². The molecular formula is C45H46F2N6O7. The summed E-state index contributed by atoms with van der Waals surface area (Å²) in [5.41, 5.74) is 2.10.